The van der Waals surface area contributed by atoms with Crippen LogP contribution < -0.4 is 9.86 Å². The molecule has 0 spiro atoms. The van der Waals surface area contributed by atoms with Crippen LogP contribution in [0.5, 0.6) is 0 Å². The summed E-state index contributed by atoms with van der Waals surface area (Å²) in [4.78, 5) is 0. The van der Waals surface area contributed by atoms with Gasteiger partial charge < -0.3 is 0 Å². The molecule has 3 N–H and O–H groups in total. The fourth-order valence-electron chi connectivity index (χ4n) is 2.30. The molecule has 1 aliphatic carbocycles. The molecule has 0 aromatic rings. The molecule has 0 saturated carbocycles. The van der Waals surface area contributed by atoms with Gasteiger partial charge in [-0.15, -0.1) is 0 Å². The first-order chi connectivity index (χ1) is 7.81. The van der Waals surface area contributed by atoms with Gasteiger partial charge in [-0.1, -0.05) is 13.8 Å². The van der Waals surface area contributed by atoms with Crippen LogP contribution in [-0.2, 0) is 10.2 Å². The van der Waals surface area contributed by atoms with Gasteiger partial charge in [0.15, 0.2) is 0 Å². The highest BCUT2D eigenvalue weighted by atomic mass is 32.2. The van der Waals surface area contributed by atoms with Crippen LogP contribution in [0.1, 0.15) is 39.5 Å². The number of nitrogens with one attached hydrogen (secondary N) is 1. The highest BCUT2D eigenvalue weighted by molar-refractivity contribution is 7.87. The molecule has 2 atom stereocenters. The van der Waals surface area contributed by atoms with E-state index in [-0.39, 0.29) is 0 Å². The Morgan fingerprint density at radius 1 is 1.41 bits per heavy atom. The summed E-state index contributed by atoms with van der Waals surface area (Å²) in [5, 5.41) is 14.0. The number of allylic oxidation sites excluding steroid dienone is 2. The second-order valence-corrected chi connectivity index (χ2v) is 6.20. The van der Waals surface area contributed by atoms with Crippen molar-refractivity contribution in [1.29, 1.82) is 5.26 Å². The highest BCUT2D eigenvalue weighted by Crippen LogP contribution is 2.28. The van der Waals surface area contributed by atoms with Gasteiger partial charge in [0.1, 0.15) is 0 Å². The maximum absolute atomic E-state index is 11.1. The van der Waals surface area contributed by atoms with E-state index >= 15 is 0 Å². The lowest BCUT2D eigenvalue weighted by Gasteiger charge is -2.23. The van der Waals surface area contributed by atoms with Crippen molar-refractivity contribution in [2.45, 2.75) is 39.5 Å². The van der Waals surface area contributed by atoms with Gasteiger partial charge in [0.25, 0.3) is 10.2 Å². The van der Waals surface area contributed by atoms with Gasteiger partial charge in [-0.05, 0) is 37.5 Å². The first-order valence-corrected chi connectivity index (χ1v) is 7.29. The van der Waals surface area contributed by atoms with E-state index < -0.39 is 10.2 Å². The zero-order chi connectivity index (χ0) is 13.1. The molecule has 0 amide bonds. The van der Waals surface area contributed by atoms with E-state index in [2.05, 4.69) is 24.6 Å². The highest BCUT2D eigenvalue weighted by Gasteiger charge is 2.20. The Bertz CT molecular complexity index is 448. The van der Waals surface area contributed by atoms with Gasteiger partial charge in [0.05, 0.1) is 6.07 Å². The van der Waals surface area contributed by atoms with E-state index in [0.29, 0.717) is 35.9 Å². The van der Waals surface area contributed by atoms with Gasteiger partial charge in [-0.3, -0.25) is 4.72 Å². The molecule has 0 saturated heterocycles. The van der Waals surface area contributed by atoms with Gasteiger partial charge in [-0.25, -0.2) is 5.14 Å². The monoisotopic (exact) mass is 257 g/mol. The van der Waals surface area contributed by atoms with Crippen molar-refractivity contribution in [2.24, 2.45) is 17.0 Å². The number of rotatable bonds is 2. The van der Waals surface area contributed by atoms with Gasteiger partial charge >= 0.3 is 0 Å². The minimum absolute atomic E-state index is 0.345. The fraction of sp³-hybridized carbons (Fsp3) is 0.727. The van der Waals surface area contributed by atoms with Crippen LogP contribution in [0.2, 0.25) is 0 Å². The molecular formula is C11H19N3O2S. The maximum atomic E-state index is 11.1. The van der Waals surface area contributed by atoms with Gasteiger partial charge in [-0.2, -0.15) is 13.7 Å². The molecule has 0 radical (unpaired) electrons. The Morgan fingerprint density at radius 2 is 2.06 bits per heavy atom. The number of nitrogens with two attached hydrogens (primary N) is 1. The third-order valence-electron chi connectivity index (χ3n) is 3.01. The van der Waals surface area contributed by atoms with Crippen LogP contribution in [0.3, 0.4) is 0 Å². The summed E-state index contributed by atoms with van der Waals surface area (Å²) < 4.78 is 24.4. The van der Waals surface area contributed by atoms with E-state index in [1.165, 1.54) is 0 Å². The quantitative estimate of drug-likeness (QED) is 0.782. The SMILES string of the molecule is CC1CC/C(C#N)=C(/NS(N)(=O)=O)CC(C)C1. The average molecular weight is 257 g/mol. The zero-order valence-corrected chi connectivity index (χ0v) is 11.0. The Balaban J connectivity index is 3.00. The van der Waals surface area contributed by atoms with E-state index in [1.54, 1.807) is 0 Å². The van der Waals surface area contributed by atoms with E-state index in [9.17, 15) is 8.42 Å². The molecule has 0 heterocycles. The molecule has 0 fully saturated rings. The lowest BCUT2D eigenvalue weighted by molar-refractivity contribution is 0.379. The predicted molar refractivity (Wildman–Crippen MR) is 65.7 cm³/mol. The molecule has 0 aliphatic heterocycles. The van der Waals surface area contributed by atoms with Crippen LogP contribution in [0.4, 0.5) is 0 Å². The van der Waals surface area contributed by atoms with Crippen LogP contribution in [-0.4, -0.2) is 8.42 Å². The Kier molecular flexibility index (Phi) is 4.54. The summed E-state index contributed by atoms with van der Waals surface area (Å²) in [6.07, 6.45) is 3.11. The third-order valence-corrected chi connectivity index (χ3v) is 3.54. The molecule has 1 aliphatic rings. The topological polar surface area (TPSA) is 96.0 Å². The number of hydrogen-bond acceptors (Lipinski definition) is 3. The summed E-state index contributed by atoms with van der Waals surface area (Å²) in [6.45, 7) is 4.21. The average Bonchev–Trinajstić information content (AvgIpc) is 2.13. The molecule has 0 aromatic carbocycles. The lowest BCUT2D eigenvalue weighted by Crippen LogP contribution is -2.32. The first-order valence-electron chi connectivity index (χ1n) is 5.74. The van der Waals surface area contributed by atoms with Crippen LogP contribution in [0.25, 0.3) is 0 Å². The summed E-state index contributed by atoms with van der Waals surface area (Å²) in [6, 6.07) is 2.08. The molecule has 96 valence electrons. The van der Waals surface area contributed by atoms with Crippen molar-refractivity contribution in [3.8, 4) is 6.07 Å². The second-order valence-electron chi connectivity index (χ2n) is 4.90. The van der Waals surface area contributed by atoms with Gasteiger partial charge in [0.2, 0.25) is 0 Å². The van der Waals surface area contributed by atoms with E-state index in [0.717, 1.165) is 12.8 Å². The predicted octanol–water partition coefficient (Wildman–Crippen LogP) is 1.40. The van der Waals surface area contributed by atoms with Crippen molar-refractivity contribution in [3.63, 3.8) is 0 Å². The van der Waals surface area contributed by atoms with Crippen LogP contribution >= 0.6 is 0 Å². The van der Waals surface area contributed by atoms with Gasteiger partial charge in [0, 0.05) is 11.3 Å². The molecule has 2 unspecified atom stereocenters. The minimum Gasteiger partial charge on any atom is -0.274 e. The smallest absolute Gasteiger partial charge is 0.274 e. The van der Waals surface area contributed by atoms with E-state index in [4.69, 9.17) is 10.4 Å². The summed E-state index contributed by atoms with van der Waals surface area (Å²) in [7, 11) is -3.79. The van der Waals surface area contributed by atoms with Crippen LogP contribution in [0.15, 0.2) is 11.3 Å². The number of nitrogens with zero attached hydrogens (tertiary/aromatic N) is 1. The van der Waals surface area contributed by atoms with E-state index in [1.807, 2.05) is 0 Å². The van der Waals surface area contributed by atoms with Crippen LogP contribution in [0, 0.1) is 23.2 Å². The second kappa shape index (κ2) is 5.52. The molecule has 0 aromatic heterocycles. The molecular weight excluding hydrogens is 238 g/mol. The largest absolute Gasteiger partial charge is 0.296 e. The van der Waals surface area contributed by atoms with Crippen molar-refractivity contribution in [3.05, 3.63) is 11.3 Å². The van der Waals surface area contributed by atoms with Crippen molar-refractivity contribution < 1.29 is 8.42 Å². The lowest BCUT2D eigenvalue weighted by atomic mass is 9.85. The Morgan fingerprint density at radius 3 is 2.59 bits per heavy atom. The maximum Gasteiger partial charge on any atom is 0.296 e. The number of hydrogen-bond donors (Lipinski definition) is 2. The molecule has 1 rings (SSSR count). The fourth-order valence-corrected chi connectivity index (χ4v) is 2.85. The molecule has 5 nitrogen and oxygen atoms in total. The zero-order valence-electron chi connectivity index (χ0n) is 10.2. The van der Waals surface area contributed by atoms with Crippen molar-refractivity contribution in [2.75, 3.05) is 0 Å². The first kappa shape index (κ1) is 14.0. The summed E-state index contributed by atoms with van der Waals surface area (Å²) in [5.41, 5.74) is 0.979. The molecule has 17 heavy (non-hydrogen) atoms. The standard InChI is InChI=1S/C11H19N3O2S/c1-8-3-4-10(7-12)11(6-9(2)5-8)14-17(13,15)16/h8-9,14H,3-6H2,1-2H3,(H2,13,15,16)/b11-10-. The third kappa shape index (κ3) is 4.75. The Labute approximate surface area is 103 Å². The summed E-state index contributed by atoms with van der Waals surface area (Å²) >= 11 is 0. The molecule has 6 heteroatoms. The molecule has 0 bridgehead atoms. The Hall–Kier alpha value is -1.06. The van der Waals surface area contributed by atoms with Crippen molar-refractivity contribution in [1.82, 2.24) is 4.72 Å². The normalized spacial score (nSPS) is 31.2. The number of nitriles is 1. The van der Waals surface area contributed by atoms with Crippen molar-refractivity contribution >= 4 is 10.2 Å². The summed E-state index contributed by atoms with van der Waals surface area (Å²) in [5.74, 6) is 0.905. The minimum atomic E-state index is -3.79.